The van der Waals surface area contributed by atoms with Crippen molar-refractivity contribution < 1.29 is 9.53 Å². The van der Waals surface area contributed by atoms with E-state index in [-0.39, 0.29) is 5.97 Å². The van der Waals surface area contributed by atoms with Crippen LogP contribution in [0.3, 0.4) is 0 Å². The van der Waals surface area contributed by atoms with Gasteiger partial charge in [0.2, 0.25) is 0 Å². The van der Waals surface area contributed by atoms with Gasteiger partial charge in [-0.1, -0.05) is 23.4 Å². The predicted molar refractivity (Wildman–Crippen MR) is 75.9 cm³/mol. The second-order valence-electron chi connectivity index (χ2n) is 3.06. The molecule has 0 amide bonds. The van der Waals surface area contributed by atoms with Gasteiger partial charge in [-0.3, -0.25) is 0 Å². The highest BCUT2D eigenvalue weighted by atomic mass is 33.5. The molecule has 1 rings (SSSR count). The molecule has 0 aromatic carbocycles. The van der Waals surface area contributed by atoms with Crippen LogP contribution in [0.25, 0.3) is 0 Å². The molecule has 0 atom stereocenters. The van der Waals surface area contributed by atoms with E-state index in [4.69, 9.17) is 4.74 Å². The lowest BCUT2D eigenvalue weighted by molar-refractivity contribution is -0.138. The van der Waals surface area contributed by atoms with Gasteiger partial charge in [-0.2, -0.15) is 0 Å². The average molecular weight is 287 g/mol. The van der Waals surface area contributed by atoms with Gasteiger partial charge in [0.05, 0.1) is 0 Å². The first kappa shape index (κ1) is 14.5. The van der Waals surface area contributed by atoms with E-state index in [1.54, 1.807) is 44.5 Å². The van der Waals surface area contributed by atoms with Crippen molar-refractivity contribution in [1.82, 2.24) is 4.98 Å². The van der Waals surface area contributed by atoms with Crippen molar-refractivity contribution in [2.24, 2.45) is 0 Å². The summed E-state index contributed by atoms with van der Waals surface area (Å²) >= 11 is 0. The van der Waals surface area contributed by atoms with Crippen molar-refractivity contribution in [3.8, 4) is 0 Å². The number of pyridine rings is 1. The third-order valence-corrected chi connectivity index (χ3v) is 5.45. The average Bonchev–Trinajstić information content (AvgIpc) is 2.34. The number of hydrogen-bond donors (Lipinski definition) is 0. The molecule has 0 aliphatic heterocycles. The Balaban J connectivity index is 2.02. The summed E-state index contributed by atoms with van der Waals surface area (Å²) in [7, 11) is 4.85. The predicted octanol–water partition coefficient (Wildman–Crippen LogP) is 3.59. The topological polar surface area (TPSA) is 39.2 Å². The monoisotopic (exact) mass is 287 g/mol. The Morgan fingerprint density at radius 2 is 2.35 bits per heavy atom. The molecular formula is C11H13NO2S3. The molecule has 0 unspecified atom stereocenters. The molecule has 1 heterocycles. The van der Waals surface area contributed by atoms with Crippen molar-refractivity contribution in [1.29, 1.82) is 0 Å². The van der Waals surface area contributed by atoms with E-state index in [9.17, 15) is 4.79 Å². The highest BCUT2D eigenvalue weighted by molar-refractivity contribution is 9.09. The number of carbonyl (C=O) groups excluding carboxylic acids is 1. The van der Waals surface area contributed by atoms with E-state index >= 15 is 0 Å². The van der Waals surface area contributed by atoms with Crippen LogP contribution in [0.2, 0.25) is 0 Å². The van der Waals surface area contributed by atoms with Gasteiger partial charge in [-0.25, -0.2) is 9.78 Å². The fourth-order valence-corrected chi connectivity index (χ4v) is 4.09. The molecular weight excluding hydrogens is 274 g/mol. The molecule has 0 aliphatic carbocycles. The number of ether oxygens (including phenoxy) is 1. The van der Waals surface area contributed by atoms with Crippen LogP contribution < -0.4 is 0 Å². The highest BCUT2D eigenvalue weighted by Gasteiger charge is 2.02. The van der Waals surface area contributed by atoms with E-state index in [1.807, 2.05) is 18.2 Å². The van der Waals surface area contributed by atoms with E-state index in [0.717, 1.165) is 10.8 Å². The van der Waals surface area contributed by atoms with Gasteiger partial charge in [-0.15, -0.1) is 0 Å². The maximum absolute atomic E-state index is 11.0. The summed E-state index contributed by atoms with van der Waals surface area (Å²) in [5.74, 6) is 0.428. The van der Waals surface area contributed by atoms with Crippen molar-refractivity contribution >= 4 is 37.4 Å². The summed E-state index contributed by atoms with van der Waals surface area (Å²) in [6.45, 7) is 5.56. The standard InChI is InChI=1S/C11H13NO2S3/c1-9(2)11(13)14-7-8-15-17-16-10-5-3-4-6-12-10/h3-6H,1,7-8H2,2H3. The summed E-state index contributed by atoms with van der Waals surface area (Å²) in [6, 6.07) is 5.80. The molecule has 17 heavy (non-hydrogen) atoms. The Morgan fingerprint density at radius 1 is 1.53 bits per heavy atom. The molecule has 0 saturated heterocycles. The lowest BCUT2D eigenvalue weighted by atomic mass is 10.4. The van der Waals surface area contributed by atoms with Crippen LogP contribution in [0.15, 0.2) is 41.6 Å². The largest absolute Gasteiger partial charge is 0.461 e. The number of rotatable bonds is 7. The Bertz CT molecular complexity index is 370. The van der Waals surface area contributed by atoms with E-state index in [2.05, 4.69) is 11.6 Å². The van der Waals surface area contributed by atoms with Crippen LogP contribution in [0.4, 0.5) is 0 Å². The number of carbonyl (C=O) groups is 1. The number of esters is 1. The summed E-state index contributed by atoms with van der Waals surface area (Å²) in [4.78, 5) is 15.2. The molecule has 1 aromatic heterocycles. The quantitative estimate of drug-likeness (QED) is 0.330. The van der Waals surface area contributed by atoms with Crippen LogP contribution in [-0.2, 0) is 9.53 Å². The first-order chi connectivity index (χ1) is 8.20. The minimum absolute atomic E-state index is 0.326. The molecule has 0 N–H and O–H groups in total. The Morgan fingerprint density at radius 3 is 3.00 bits per heavy atom. The minimum atomic E-state index is -0.326. The van der Waals surface area contributed by atoms with Crippen LogP contribution in [-0.4, -0.2) is 23.3 Å². The molecule has 0 radical (unpaired) electrons. The maximum Gasteiger partial charge on any atom is 0.333 e. The molecule has 3 nitrogen and oxygen atoms in total. The summed E-state index contributed by atoms with van der Waals surface area (Å²) in [5.41, 5.74) is 0.436. The van der Waals surface area contributed by atoms with Gasteiger partial charge in [0.1, 0.15) is 11.6 Å². The number of nitrogens with zero attached hydrogens (tertiary/aromatic N) is 1. The van der Waals surface area contributed by atoms with Crippen LogP contribution in [0.1, 0.15) is 6.92 Å². The van der Waals surface area contributed by atoms with Gasteiger partial charge in [0.25, 0.3) is 0 Å². The number of hydrogen-bond acceptors (Lipinski definition) is 6. The van der Waals surface area contributed by atoms with Gasteiger partial charge < -0.3 is 4.74 Å². The Kier molecular flexibility index (Phi) is 7.23. The lowest BCUT2D eigenvalue weighted by Gasteiger charge is -2.03. The third kappa shape index (κ3) is 6.65. The van der Waals surface area contributed by atoms with Gasteiger partial charge >= 0.3 is 5.97 Å². The lowest BCUT2D eigenvalue weighted by Crippen LogP contribution is -2.07. The second kappa shape index (κ2) is 8.49. The number of aromatic nitrogens is 1. The normalized spacial score (nSPS) is 9.94. The first-order valence-corrected chi connectivity index (χ1v) is 8.55. The molecule has 1 aromatic rings. The zero-order valence-electron chi connectivity index (χ0n) is 9.42. The molecule has 92 valence electrons. The van der Waals surface area contributed by atoms with Crippen molar-refractivity contribution in [3.63, 3.8) is 0 Å². The maximum atomic E-state index is 11.0. The highest BCUT2D eigenvalue weighted by Crippen LogP contribution is 2.38. The smallest absolute Gasteiger partial charge is 0.333 e. The van der Waals surface area contributed by atoms with Crippen LogP contribution in [0.5, 0.6) is 0 Å². The van der Waals surface area contributed by atoms with Crippen molar-refractivity contribution in [2.75, 3.05) is 12.4 Å². The SMILES string of the molecule is C=C(C)C(=O)OCCSSSc1ccccn1. The molecule has 6 heteroatoms. The van der Waals surface area contributed by atoms with E-state index in [0.29, 0.717) is 12.2 Å². The fourth-order valence-electron chi connectivity index (χ4n) is 0.781. The Hall–Kier alpha value is -0.590. The summed E-state index contributed by atoms with van der Waals surface area (Å²) in [5, 5.41) is 0.976. The van der Waals surface area contributed by atoms with Gasteiger partial charge in [-0.05, 0) is 39.7 Å². The van der Waals surface area contributed by atoms with Gasteiger partial charge in [0, 0.05) is 17.5 Å². The first-order valence-electron chi connectivity index (χ1n) is 4.90. The van der Waals surface area contributed by atoms with E-state index < -0.39 is 0 Å². The third-order valence-electron chi connectivity index (χ3n) is 1.55. The summed E-state index contributed by atoms with van der Waals surface area (Å²) < 4.78 is 4.96. The van der Waals surface area contributed by atoms with Crippen LogP contribution in [0, 0.1) is 0 Å². The zero-order valence-corrected chi connectivity index (χ0v) is 11.9. The molecule has 0 aliphatic rings. The zero-order chi connectivity index (χ0) is 12.5. The molecule has 0 spiro atoms. The molecule has 0 fully saturated rings. The van der Waals surface area contributed by atoms with Crippen molar-refractivity contribution in [3.05, 3.63) is 36.5 Å². The van der Waals surface area contributed by atoms with Crippen molar-refractivity contribution in [2.45, 2.75) is 11.9 Å². The Labute approximate surface area is 113 Å². The molecule has 0 saturated carbocycles. The molecule has 0 bridgehead atoms. The van der Waals surface area contributed by atoms with Crippen LogP contribution >= 0.6 is 31.4 Å². The fraction of sp³-hybridized carbons (Fsp3) is 0.273. The minimum Gasteiger partial charge on any atom is -0.461 e. The van der Waals surface area contributed by atoms with E-state index in [1.165, 1.54) is 0 Å². The summed E-state index contributed by atoms with van der Waals surface area (Å²) in [6.07, 6.45) is 1.77. The van der Waals surface area contributed by atoms with Gasteiger partial charge in [0.15, 0.2) is 0 Å². The second-order valence-corrected chi connectivity index (χ2v) is 7.26.